The minimum atomic E-state index is 0.309. The molecule has 0 spiro atoms. The Morgan fingerprint density at radius 3 is 3.18 bits per heavy atom. The number of thiazole rings is 1. The van der Waals surface area contributed by atoms with E-state index < -0.39 is 0 Å². The van der Waals surface area contributed by atoms with Crippen molar-refractivity contribution in [3.8, 4) is 0 Å². The fraction of sp³-hybridized carbons (Fsp3) is 0.571. The molecule has 1 atom stereocenters. The lowest BCUT2D eigenvalue weighted by Crippen LogP contribution is -2.21. The molecule has 0 bridgehead atoms. The fourth-order valence-electron chi connectivity index (χ4n) is 0.578. The first-order chi connectivity index (χ1) is 5.33. The van der Waals surface area contributed by atoms with Crippen LogP contribution in [0.1, 0.15) is 13.3 Å². The van der Waals surface area contributed by atoms with Crippen LogP contribution < -0.4 is 5.73 Å². The van der Waals surface area contributed by atoms with Crippen LogP contribution in [0.5, 0.6) is 0 Å². The molecule has 1 aromatic heterocycles. The average Bonchev–Trinajstić information content (AvgIpc) is 2.52. The van der Waals surface area contributed by atoms with E-state index in [1.54, 1.807) is 23.1 Å². The molecule has 11 heavy (non-hydrogen) atoms. The molecule has 0 fully saturated rings. The third-order valence-corrected chi connectivity index (χ3v) is 3.51. The van der Waals surface area contributed by atoms with Crippen LogP contribution >= 0.6 is 23.1 Å². The van der Waals surface area contributed by atoms with Crippen molar-refractivity contribution in [2.24, 2.45) is 5.73 Å². The minimum Gasteiger partial charge on any atom is -0.327 e. The molecule has 1 rings (SSSR count). The summed E-state index contributed by atoms with van der Waals surface area (Å²) in [5.41, 5.74) is 5.75. The van der Waals surface area contributed by atoms with Gasteiger partial charge < -0.3 is 5.73 Å². The zero-order valence-corrected chi connectivity index (χ0v) is 8.12. The standard InChI is InChI=1S/C7H12N2S2/c1-2-6(8)5-11-7-9-3-4-10-7/h3-4,6H,2,5,8H2,1H3. The predicted octanol–water partition coefficient (Wildman–Crippen LogP) is 1.97. The van der Waals surface area contributed by atoms with E-state index in [0.29, 0.717) is 6.04 Å². The van der Waals surface area contributed by atoms with Crippen LogP contribution in [-0.4, -0.2) is 16.8 Å². The Balaban J connectivity index is 2.23. The van der Waals surface area contributed by atoms with Crippen molar-refractivity contribution in [1.29, 1.82) is 0 Å². The van der Waals surface area contributed by atoms with E-state index in [-0.39, 0.29) is 0 Å². The van der Waals surface area contributed by atoms with Gasteiger partial charge in [0.05, 0.1) is 0 Å². The van der Waals surface area contributed by atoms with Crippen LogP contribution in [0.4, 0.5) is 0 Å². The van der Waals surface area contributed by atoms with Crippen LogP contribution in [0.2, 0.25) is 0 Å². The van der Waals surface area contributed by atoms with E-state index in [4.69, 9.17) is 5.73 Å². The second kappa shape index (κ2) is 4.74. The lowest BCUT2D eigenvalue weighted by molar-refractivity contribution is 0.725. The third kappa shape index (κ3) is 3.22. The summed E-state index contributed by atoms with van der Waals surface area (Å²) in [5, 5.41) is 1.99. The Bertz CT molecular complexity index is 186. The molecule has 0 aliphatic heterocycles. The summed E-state index contributed by atoms with van der Waals surface area (Å²) < 4.78 is 1.12. The van der Waals surface area contributed by atoms with Crippen molar-refractivity contribution in [2.45, 2.75) is 23.7 Å². The second-order valence-corrected chi connectivity index (χ2v) is 4.44. The summed E-state index contributed by atoms with van der Waals surface area (Å²) in [4.78, 5) is 4.15. The van der Waals surface area contributed by atoms with E-state index in [9.17, 15) is 0 Å². The Morgan fingerprint density at radius 2 is 2.64 bits per heavy atom. The van der Waals surface area contributed by atoms with Gasteiger partial charge in [0.15, 0.2) is 0 Å². The number of aromatic nitrogens is 1. The van der Waals surface area contributed by atoms with Crippen molar-refractivity contribution in [2.75, 3.05) is 5.75 Å². The first-order valence-corrected chi connectivity index (χ1v) is 5.47. The summed E-state index contributed by atoms with van der Waals surface area (Å²) in [6.07, 6.45) is 2.86. The Hall–Kier alpha value is -0.0600. The smallest absolute Gasteiger partial charge is 0.149 e. The maximum atomic E-state index is 5.75. The lowest BCUT2D eigenvalue weighted by atomic mass is 10.3. The van der Waals surface area contributed by atoms with Gasteiger partial charge in [-0.1, -0.05) is 18.7 Å². The molecular weight excluding hydrogens is 176 g/mol. The Labute approximate surface area is 75.2 Å². The third-order valence-electron chi connectivity index (χ3n) is 1.35. The SMILES string of the molecule is CCC(N)CSc1nccs1. The highest BCUT2D eigenvalue weighted by Gasteiger charge is 2.01. The molecule has 62 valence electrons. The van der Waals surface area contributed by atoms with Crippen LogP contribution in [0.15, 0.2) is 15.9 Å². The predicted molar refractivity (Wildman–Crippen MR) is 51.1 cm³/mol. The highest BCUT2D eigenvalue weighted by molar-refractivity contribution is 8.01. The van der Waals surface area contributed by atoms with Gasteiger partial charge >= 0.3 is 0 Å². The Morgan fingerprint density at radius 1 is 1.82 bits per heavy atom. The minimum absolute atomic E-state index is 0.309. The van der Waals surface area contributed by atoms with Crippen LogP contribution in [-0.2, 0) is 0 Å². The molecule has 1 aromatic rings. The van der Waals surface area contributed by atoms with E-state index in [2.05, 4.69) is 11.9 Å². The van der Waals surface area contributed by atoms with Crippen molar-refractivity contribution in [1.82, 2.24) is 4.98 Å². The topological polar surface area (TPSA) is 38.9 Å². The second-order valence-electron chi connectivity index (χ2n) is 2.28. The number of hydrogen-bond acceptors (Lipinski definition) is 4. The largest absolute Gasteiger partial charge is 0.327 e. The van der Waals surface area contributed by atoms with Gasteiger partial charge in [0.1, 0.15) is 4.34 Å². The Kier molecular flexibility index (Phi) is 3.90. The maximum Gasteiger partial charge on any atom is 0.149 e. The van der Waals surface area contributed by atoms with Crippen LogP contribution in [0.3, 0.4) is 0 Å². The van der Waals surface area contributed by atoms with Crippen molar-refractivity contribution in [3.05, 3.63) is 11.6 Å². The number of thioether (sulfide) groups is 1. The van der Waals surface area contributed by atoms with Crippen LogP contribution in [0, 0.1) is 0 Å². The monoisotopic (exact) mass is 188 g/mol. The summed E-state index contributed by atoms with van der Waals surface area (Å²) in [6, 6.07) is 0.309. The lowest BCUT2D eigenvalue weighted by Gasteiger charge is -2.04. The molecule has 2 N–H and O–H groups in total. The summed E-state index contributed by atoms with van der Waals surface area (Å²) >= 11 is 3.41. The molecule has 0 aliphatic rings. The van der Waals surface area contributed by atoms with Crippen molar-refractivity contribution < 1.29 is 0 Å². The first kappa shape index (κ1) is 9.03. The van der Waals surface area contributed by atoms with Gasteiger partial charge in [0.25, 0.3) is 0 Å². The first-order valence-electron chi connectivity index (χ1n) is 3.60. The van der Waals surface area contributed by atoms with Gasteiger partial charge in [-0.05, 0) is 6.42 Å². The quantitative estimate of drug-likeness (QED) is 0.734. The van der Waals surface area contributed by atoms with Gasteiger partial charge in [-0.15, -0.1) is 11.3 Å². The molecular formula is C7H12N2S2. The number of nitrogens with two attached hydrogens (primary N) is 1. The zero-order chi connectivity index (χ0) is 8.10. The molecule has 2 nitrogen and oxygen atoms in total. The summed E-state index contributed by atoms with van der Waals surface area (Å²) in [6.45, 7) is 2.10. The molecule has 0 aliphatic carbocycles. The average molecular weight is 188 g/mol. The van der Waals surface area contributed by atoms with Gasteiger partial charge in [-0.2, -0.15) is 0 Å². The molecule has 1 unspecified atom stereocenters. The number of rotatable bonds is 4. The van der Waals surface area contributed by atoms with Gasteiger partial charge in [-0.3, -0.25) is 0 Å². The van der Waals surface area contributed by atoms with Crippen molar-refractivity contribution in [3.63, 3.8) is 0 Å². The molecule has 4 heteroatoms. The van der Waals surface area contributed by atoms with Gasteiger partial charge in [0, 0.05) is 23.4 Å². The van der Waals surface area contributed by atoms with E-state index in [1.807, 2.05) is 11.6 Å². The maximum absolute atomic E-state index is 5.75. The molecule has 0 amide bonds. The summed E-state index contributed by atoms with van der Waals surface area (Å²) in [7, 11) is 0. The van der Waals surface area contributed by atoms with Crippen molar-refractivity contribution >= 4 is 23.1 Å². The summed E-state index contributed by atoms with van der Waals surface area (Å²) in [5.74, 6) is 0.976. The molecule has 0 saturated heterocycles. The highest BCUT2D eigenvalue weighted by atomic mass is 32.2. The van der Waals surface area contributed by atoms with E-state index in [1.165, 1.54) is 0 Å². The number of hydrogen-bond donors (Lipinski definition) is 1. The fourth-order valence-corrected chi connectivity index (χ4v) is 2.31. The normalized spacial score (nSPS) is 13.3. The molecule has 1 heterocycles. The van der Waals surface area contributed by atoms with Crippen LogP contribution in [0.25, 0.3) is 0 Å². The van der Waals surface area contributed by atoms with E-state index >= 15 is 0 Å². The van der Waals surface area contributed by atoms with Gasteiger partial charge in [0.2, 0.25) is 0 Å². The number of nitrogens with zero attached hydrogens (tertiary/aromatic N) is 1. The highest BCUT2D eigenvalue weighted by Crippen LogP contribution is 2.20. The zero-order valence-electron chi connectivity index (χ0n) is 6.49. The molecule has 0 radical (unpaired) electrons. The van der Waals surface area contributed by atoms with Gasteiger partial charge in [-0.25, -0.2) is 4.98 Å². The molecule has 0 saturated carbocycles. The van der Waals surface area contributed by atoms with E-state index in [0.717, 1.165) is 16.5 Å². The molecule has 0 aromatic carbocycles.